The number of rotatable bonds is 7. The maximum atomic E-state index is 13.8. The molecule has 1 aromatic rings. The van der Waals surface area contributed by atoms with E-state index in [0.717, 1.165) is 30.2 Å². The molecule has 3 nitrogen and oxygen atoms in total. The molecule has 0 spiro atoms. The lowest BCUT2D eigenvalue weighted by molar-refractivity contribution is 0.0455. The van der Waals surface area contributed by atoms with E-state index in [1.165, 1.54) is 6.07 Å². The summed E-state index contributed by atoms with van der Waals surface area (Å²) < 4.78 is 23.9. The van der Waals surface area contributed by atoms with Gasteiger partial charge < -0.3 is 14.8 Å². The largest absolute Gasteiger partial charge is 0.383 e. The molecule has 100 valence electrons. The van der Waals surface area contributed by atoms with E-state index in [-0.39, 0.29) is 5.82 Å². The van der Waals surface area contributed by atoms with Gasteiger partial charge in [-0.25, -0.2) is 4.39 Å². The summed E-state index contributed by atoms with van der Waals surface area (Å²) in [5.74, 6) is -0.148. The minimum Gasteiger partial charge on any atom is -0.383 e. The maximum absolute atomic E-state index is 13.8. The molecule has 0 atom stereocenters. The fraction of sp³-hybridized carbons (Fsp3) is 0.538. The van der Waals surface area contributed by atoms with Gasteiger partial charge in [0.25, 0.3) is 0 Å². The SMILES string of the molecule is COCCNCc1c(F)cccc1SC1COC1. The van der Waals surface area contributed by atoms with Gasteiger partial charge in [-0.2, -0.15) is 0 Å². The van der Waals surface area contributed by atoms with Crippen molar-refractivity contribution in [3.05, 3.63) is 29.6 Å². The molecule has 1 N–H and O–H groups in total. The minimum atomic E-state index is -0.148. The summed E-state index contributed by atoms with van der Waals surface area (Å²) in [6.45, 7) is 3.41. The Morgan fingerprint density at radius 2 is 2.33 bits per heavy atom. The van der Waals surface area contributed by atoms with Crippen molar-refractivity contribution >= 4 is 11.8 Å². The van der Waals surface area contributed by atoms with Crippen molar-refractivity contribution in [3.8, 4) is 0 Å². The van der Waals surface area contributed by atoms with Crippen LogP contribution in [-0.4, -0.2) is 38.7 Å². The third kappa shape index (κ3) is 3.68. The number of hydrogen-bond acceptors (Lipinski definition) is 4. The molecule has 1 aromatic carbocycles. The molecule has 2 rings (SSSR count). The summed E-state index contributed by atoms with van der Waals surface area (Å²) >= 11 is 1.70. The van der Waals surface area contributed by atoms with Gasteiger partial charge in [0.2, 0.25) is 0 Å². The van der Waals surface area contributed by atoms with E-state index in [1.807, 2.05) is 6.07 Å². The molecule has 5 heteroatoms. The van der Waals surface area contributed by atoms with Gasteiger partial charge >= 0.3 is 0 Å². The minimum absolute atomic E-state index is 0.148. The second-order valence-corrected chi connectivity index (χ2v) is 5.51. The highest BCUT2D eigenvalue weighted by molar-refractivity contribution is 8.00. The molecule has 1 heterocycles. The smallest absolute Gasteiger partial charge is 0.128 e. The highest BCUT2D eigenvalue weighted by Gasteiger charge is 2.21. The lowest BCUT2D eigenvalue weighted by atomic mass is 10.2. The van der Waals surface area contributed by atoms with Crippen LogP contribution in [-0.2, 0) is 16.0 Å². The van der Waals surface area contributed by atoms with Gasteiger partial charge in [-0.05, 0) is 12.1 Å². The molecule has 0 aliphatic carbocycles. The Labute approximate surface area is 111 Å². The molecule has 1 fully saturated rings. The van der Waals surface area contributed by atoms with E-state index in [4.69, 9.17) is 9.47 Å². The first-order valence-corrected chi connectivity index (χ1v) is 6.90. The van der Waals surface area contributed by atoms with Crippen molar-refractivity contribution < 1.29 is 13.9 Å². The number of nitrogens with one attached hydrogen (secondary N) is 1. The van der Waals surface area contributed by atoms with E-state index in [2.05, 4.69) is 5.32 Å². The van der Waals surface area contributed by atoms with Gasteiger partial charge in [0, 0.05) is 30.7 Å². The van der Waals surface area contributed by atoms with Crippen molar-refractivity contribution in [1.29, 1.82) is 0 Å². The summed E-state index contributed by atoms with van der Waals surface area (Å²) in [5.41, 5.74) is 0.741. The monoisotopic (exact) mass is 271 g/mol. The third-order valence-corrected chi connectivity index (χ3v) is 4.00. The Balaban J connectivity index is 1.96. The van der Waals surface area contributed by atoms with Crippen LogP contribution in [0.3, 0.4) is 0 Å². The predicted octanol–water partition coefficient (Wildman–Crippen LogP) is 2.05. The molecule has 0 bridgehead atoms. The quantitative estimate of drug-likeness (QED) is 0.769. The summed E-state index contributed by atoms with van der Waals surface area (Å²) in [6, 6.07) is 5.24. The molecular formula is C13H18FNO2S. The number of methoxy groups -OCH3 is 1. The highest BCUT2D eigenvalue weighted by atomic mass is 32.2. The third-order valence-electron chi connectivity index (χ3n) is 2.76. The summed E-state index contributed by atoms with van der Waals surface area (Å²) in [5, 5.41) is 3.65. The standard InChI is InChI=1S/C13H18FNO2S/c1-16-6-5-15-7-11-12(14)3-2-4-13(11)18-10-8-17-9-10/h2-4,10,15H,5-9H2,1H3. The van der Waals surface area contributed by atoms with E-state index in [9.17, 15) is 4.39 Å². The van der Waals surface area contributed by atoms with Crippen molar-refractivity contribution in [3.63, 3.8) is 0 Å². The first kappa shape index (κ1) is 13.8. The zero-order chi connectivity index (χ0) is 12.8. The molecule has 0 saturated carbocycles. The van der Waals surface area contributed by atoms with Gasteiger partial charge in [-0.3, -0.25) is 0 Å². The van der Waals surface area contributed by atoms with E-state index in [0.29, 0.717) is 18.4 Å². The first-order chi connectivity index (χ1) is 8.81. The maximum Gasteiger partial charge on any atom is 0.128 e. The van der Waals surface area contributed by atoms with Gasteiger partial charge in [0.15, 0.2) is 0 Å². The first-order valence-electron chi connectivity index (χ1n) is 6.02. The van der Waals surface area contributed by atoms with Crippen molar-refractivity contribution in [2.75, 3.05) is 33.5 Å². The molecule has 0 unspecified atom stereocenters. The second kappa shape index (κ2) is 7.09. The molecule has 1 aliphatic rings. The van der Waals surface area contributed by atoms with Crippen molar-refractivity contribution in [2.45, 2.75) is 16.7 Å². The highest BCUT2D eigenvalue weighted by Crippen LogP contribution is 2.31. The van der Waals surface area contributed by atoms with Crippen molar-refractivity contribution in [2.24, 2.45) is 0 Å². The van der Waals surface area contributed by atoms with Gasteiger partial charge in [0.1, 0.15) is 5.82 Å². The molecule has 0 radical (unpaired) electrons. The van der Waals surface area contributed by atoms with Crippen LogP contribution in [0.25, 0.3) is 0 Å². The summed E-state index contributed by atoms with van der Waals surface area (Å²) in [6.07, 6.45) is 0. The van der Waals surface area contributed by atoms with Crippen LogP contribution in [0.5, 0.6) is 0 Å². The fourth-order valence-electron chi connectivity index (χ4n) is 1.67. The normalized spacial score (nSPS) is 15.7. The van der Waals surface area contributed by atoms with Crippen LogP contribution in [0.4, 0.5) is 4.39 Å². The summed E-state index contributed by atoms with van der Waals surface area (Å²) in [4.78, 5) is 1.01. The van der Waals surface area contributed by atoms with E-state index < -0.39 is 0 Å². The zero-order valence-electron chi connectivity index (χ0n) is 10.4. The Bertz CT molecular complexity index is 385. The molecule has 1 saturated heterocycles. The van der Waals surface area contributed by atoms with Crippen LogP contribution in [0, 0.1) is 5.82 Å². The fourth-order valence-corrected chi connectivity index (χ4v) is 2.83. The van der Waals surface area contributed by atoms with Crippen LogP contribution in [0.1, 0.15) is 5.56 Å². The topological polar surface area (TPSA) is 30.5 Å². The lowest BCUT2D eigenvalue weighted by Crippen LogP contribution is -2.30. The number of ether oxygens (including phenoxy) is 2. The predicted molar refractivity (Wildman–Crippen MR) is 70.4 cm³/mol. The number of hydrogen-bond donors (Lipinski definition) is 1. The summed E-state index contributed by atoms with van der Waals surface area (Å²) in [7, 11) is 1.66. The van der Waals surface area contributed by atoms with Crippen LogP contribution in [0.15, 0.2) is 23.1 Å². The second-order valence-electron chi connectivity index (χ2n) is 4.16. The number of halogens is 1. The Hall–Kier alpha value is -0.620. The Morgan fingerprint density at radius 3 is 3.00 bits per heavy atom. The Kier molecular flexibility index (Phi) is 5.44. The van der Waals surface area contributed by atoms with Gasteiger partial charge in [0.05, 0.1) is 25.1 Å². The number of benzene rings is 1. The molecule has 1 aliphatic heterocycles. The van der Waals surface area contributed by atoms with Crippen LogP contribution < -0.4 is 5.32 Å². The van der Waals surface area contributed by atoms with Gasteiger partial charge in [-0.1, -0.05) is 6.07 Å². The average molecular weight is 271 g/mol. The van der Waals surface area contributed by atoms with Crippen LogP contribution in [0.2, 0.25) is 0 Å². The average Bonchev–Trinajstić information content (AvgIpc) is 2.32. The molecule has 0 aromatic heterocycles. The molecule has 18 heavy (non-hydrogen) atoms. The number of thioether (sulfide) groups is 1. The lowest BCUT2D eigenvalue weighted by Gasteiger charge is -2.26. The zero-order valence-corrected chi connectivity index (χ0v) is 11.3. The molecular weight excluding hydrogens is 253 g/mol. The van der Waals surface area contributed by atoms with Crippen LogP contribution >= 0.6 is 11.8 Å². The van der Waals surface area contributed by atoms with E-state index >= 15 is 0 Å². The molecule has 0 amide bonds. The Morgan fingerprint density at radius 1 is 1.50 bits per heavy atom. The van der Waals surface area contributed by atoms with Crippen molar-refractivity contribution in [1.82, 2.24) is 5.32 Å². The van der Waals surface area contributed by atoms with E-state index in [1.54, 1.807) is 24.9 Å². The van der Waals surface area contributed by atoms with Gasteiger partial charge in [-0.15, -0.1) is 11.8 Å².